The first-order valence-corrected chi connectivity index (χ1v) is 10.5. The van der Waals surface area contributed by atoms with Crippen molar-refractivity contribution < 1.29 is 19.1 Å². The predicted octanol–water partition coefficient (Wildman–Crippen LogP) is 3.36. The third-order valence-electron chi connectivity index (χ3n) is 5.30. The molecule has 0 N–H and O–H groups in total. The number of piperazine rings is 1. The van der Waals surface area contributed by atoms with Gasteiger partial charge >= 0.3 is 5.97 Å². The maximum Gasteiger partial charge on any atom is 0.337 e. The first-order valence-electron chi connectivity index (χ1n) is 9.68. The summed E-state index contributed by atoms with van der Waals surface area (Å²) in [7, 11) is 2.99. The Bertz CT molecular complexity index is 1090. The third-order valence-corrected chi connectivity index (χ3v) is 6.55. The van der Waals surface area contributed by atoms with Crippen molar-refractivity contribution in [2.45, 2.75) is 6.92 Å². The fraction of sp³-hybridized carbons (Fsp3) is 0.318. The summed E-state index contributed by atoms with van der Waals surface area (Å²) in [5.74, 6) is 0.334. The maximum absolute atomic E-state index is 12.8. The van der Waals surface area contributed by atoms with Gasteiger partial charge in [0.1, 0.15) is 11.3 Å². The van der Waals surface area contributed by atoms with Crippen LogP contribution in [0.5, 0.6) is 5.75 Å². The average Bonchev–Trinajstić information content (AvgIpc) is 3.25. The van der Waals surface area contributed by atoms with Gasteiger partial charge in [-0.25, -0.2) is 9.78 Å². The highest BCUT2D eigenvalue weighted by molar-refractivity contribution is 7.22. The molecule has 2 aromatic carbocycles. The number of hydrogen-bond donors (Lipinski definition) is 0. The lowest BCUT2D eigenvalue weighted by molar-refractivity contribution is 0.0599. The molecule has 7 nitrogen and oxygen atoms in total. The number of nitrogens with zero attached hydrogens (tertiary/aromatic N) is 3. The lowest BCUT2D eigenvalue weighted by atomic mass is 10.1. The van der Waals surface area contributed by atoms with Crippen molar-refractivity contribution in [2.24, 2.45) is 0 Å². The standard InChI is InChI=1S/C22H23N3O4S/c1-14-4-9-17(28-2)18-19(14)30-22(23-18)25-12-10-24(11-13-25)20(26)15-5-7-16(8-6-15)21(27)29-3/h4-9H,10-13H2,1-3H3. The van der Waals surface area contributed by atoms with Crippen LogP contribution >= 0.6 is 11.3 Å². The van der Waals surface area contributed by atoms with Gasteiger partial charge in [0.2, 0.25) is 0 Å². The number of rotatable bonds is 4. The Kier molecular flexibility index (Phi) is 5.59. The molecule has 30 heavy (non-hydrogen) atoms. The first-order chi connectivity index (χ1) is 14.5. The third kappa shape index (κ3) is 3.70. The number of carbonyl (C=O) groups is 2. The molecule has 8 heteroatoms. The number of benzene rings is 2. The summed E-state index contributed by atoms with van der Waals surface area (Å²) in [5, 5.41) is 0.951. The van der Waals surface area contributed by atoms with Gasteiger partial charge in [0.15, 0.2) is 5.13 Å². The molecule has 3 aromatic rings. The van der Waals surface area contributed by atoms with Crippen LogP contribution in [-0.4, -0.2) is 62.2 Å². The van der Waals surface area contributed by atoms with Gasteiger partial charge in [0.25, 0.3) is 5.91 Å². The monoisotopic (exact) mass is 425 g/mol. The molecular weight excluding hydrogens is 402 g/mol. The summed E-state index contributed by atoms with van der Waals surface area (Å²) >= 11 is 1.66. The summed E-state index contributed by atoms with van der Waals surface area (Å²) in [6.07, 6.45) is 0. The van der Waals surface area contributed by atoms with Crippen LogP contribution in [0.4, 0.5) is 5.13 Å². The Morgan fingerprint density at radius 1 is 0.967 bits per heavy atom. The van der Waals surface area contributed by atoms with E-state index in [2.05, 4.69) is 11.8 Å². The Balaban J connectivity index is 1.45. The van der Waals surface area contributed by atoms with Crippen molar-refractivity contribution in [3.63, 3.8) is 0 Å². The van der Waals surface area contributed by atoms with Gasteiger partial charge in [0.05, 0.1) is 24.5 Å². The highest BCUT2D eigenvalue weighted by Crippen LogP contribution is 2.36. The summed E-state index contributed by atoms with van der Waals surface area (Å²) < 4.78 is 11.3. The highest BCUT2D eigenvalue weighted by atomic mass is 32.1. The van der Waals surface area contributed by atoms with E-state index in [1.54, 1.807) is 42.7 Å². The molecule has 1 aliphatic rings. The number of aryl methyl sites for hydroxylation is 1. The van der Waals surface area contributed by atoms with Gasteiger partial charge in [-0.15, -0.1) is 0 Å². The van der Waals surface area contributed by atoms with E-state index in [1.807, 2.05) is 17.0 Å². The van der Waals surface area contributed by atoms with Crippen LogP contribution in [0.2, 0.25) is 0 Å². The molecule has 1 amide bonds. The molecule has 0 saturated carbocycles. The van der Waals surface area contributed by atoms with Crippen molar-refractivity contribution in [3.05, 3.63) is 53.1 Å². The largest absolute Gasteiger partial charge is 0.494 e. The number of ether oxygens (including phenoxy) is 2. The number of carbonyl (C=O) groups excluding carboxylic acids is 2. The molecule has 2 heterocycles. The molecule has 0 aliphatic carbocycles. The van der Waals surface area contributed by atoms with Gasteiger partial charge < -0.3 is 19.3 Å². The number of amides is 1. The maximum atomic E-state index is 12.8. The van der Waals surface area contributed by atoms with E-state index in [9.17, 15) is 9.59 Å². The fourth-order valence-electron chi connectivity index (χ4n) is 3.55. The van der Waals surface area contributed by atoms with Gasteiger partial charge in [-0.2, -0.15) is 0 Å². The van der Waals surface area contributed by atoms with Crippen molar-refractivity contribution in [1.29, 1.82) is 0 Å². The molecule has 156 valence electrons. The summed E-state index contributed by atoms with van der Waals surface area (Å²) in [4.78, 5) is 33.2. The minimum Gasteiger partial charge on any atom is -0.494 e. The minimum atomic E-state index is -0.412. The van der Waals surface area contributed by atoms with Crippen LogP contribution in [0.3, 0.4) is 0 Å². The Labute approximate surface area is 178 Å². The van der Waals surface area contributed by atoms with Gasteiger partial charge in [-0.05, 0) is 42.8 Å². The van der Waals surface area contributed by atoms with Crippen LogP contribution in [0.25, 0.3) is 10.2 Å². The van der Waals surface area contributed by atoms with Gasteiger partial charge in [-0.1, -0.05) is 17.4 Å². The Hall–Kier alpha value is -3.13. The minimum absolute atomic E-state index is 0.0344. The Morgan fingerprint density at radius 2 is 1.63 bits per heavy atom. The highest BCUT2D eigenvalue weighted by Gasteiger charge is 2.25. The Morgan fingerprint density at radius 3 is 2.27 bits per heavy atom. The number of hydrogen-bond acceptors (Lipinski definition) is 7. The van der Waals surface area contributed by atoms with Crippen LogP contribution in [-0.2, 0) is 4.74 Å². The van der Waals surface area contributed by atoms with E-state index in [0.717, 1.165) is 21.1 Å². The van der Waals surface area contributed by atoms with E-state index in [1.165, 1.54) is 12.7 Å². The van der Waals surface area contributed by atoms with Crippen LogP contribution in [0.15, 0.2) is 36.4 Å². The molecule has 1 aromatic heterocycles. The van der Waals surface area contributed by atoms with E-state index in [-0.39, 0.29) is 5.91 Å². The topological polar surface area (TPSA) is 72.0 Å². The van der Waals surface area contributed by atoms with Crippen molar-refractivity contribution in [3.8, 4) is 5.75 Å². The molecule has 0 bridgehead atoms. The molecule has 0 radical (unpaired) electrons. The second kappa shape index (κ2) is 8.31. The van der Waals surface area contributed by atoms with Gasteiger partial charge in [-0.3, -0.25) is 4.79 Å². The molecule has 1 aliphatic heterocycles. The molecular formula is C22H23N3O4S. The molecule has 4 rings (SSSR count). The number of anilines is 1. The number of fused-ring (bicyclic) bond motifs is 1. The molecule has 0 atom stereocenters. The smallest absolute Gasteiger partial charge is 0.337 e. The molecule has 1 saturated heterocycles. The second-order valence-electron chi connectivity index (χ2n) is 7.11. The zero-order chi connectivity index (χ0) is 21.3. The number of esters is 1. The predicted molar refractivity (Wildman–Crippen MR) is 117 cm³/mol. The van der Waals surface area contributed by atoms with E-state index in [0.29, 0.717) is 37.3 Å². The zero-order valence-corrected chi connectivity index (χ0v) is 18.0. The number of methoxy groups -OCH3 is 2. The SMILES string of the molecule is COC(=O)c1ccc(C(=O)N2CCN(c3nc4c(OC)ccc(C)c4s3)CC2)cc1. The van der Waals surface area contributed by atoms with E-state index >= 15 is 0 Å². The second-order valence-corrected chi connectivity index (χ2v) is 8.08. The van der Waals surface area contributed by atoms with Crippen molar-refractivity contribution in [1.82, 2.24) is 9.88 Å². The van der Waals surface area contributed by atoms with Crippen LogP contribution < -0.4 is 9.64 Å². The molecule has 0 unspecified atom stereocenters. The lowest BCUT2D eigenvalue weighted by Gasteiger charge is -2.34. The summed E-state index contributed by atoms with van der Waals surface area (Å²) in [6, 6.07) is 10.6. The van der Waals surface area contributed by atoms with Crippen LogP contribution in [0, 0.1) is 6.92 Å². The molecule has 0 spiro atoms. The normalized spacial score (nSPS) is 14.1. The quantitative estimate of drug-likeness (QED) is 0.597. The number of thiazole rings is 1. The fourth-order valence-corrected chi connectivity index (χ4v) is 4.65. The van der Waals surface area contributed by atoms with Crippen molar-refractivity contribution in [2.75, 3.05) is 45.3 Å². The van der Waals surface area contributed by atoms with E-state index in [4.69, 9.17) is 14.5 Å². The summed E-state index contributed by atoms with van der Waals surface area (Å²) in [6.45, 7) is 4.74. The van der Waals surface area contributed by atoms with Crippen molar-refractivity contribution >= 4 is 38.6 Å². The summed E-state index contributed by atoms with van der Waals surface area (Å²) in [5.41, 5.74) is 3.07. The average molecular weight is 426 g/mol. The van der Waals surface area contributed by atoms with Gasteiger partial charge in [0, 0.05) is 31.7 Å². The lowest BCUT2D eigenvalue weighted by Crippen LogP contribution is -2.48. The van der Waals surface area contributed by atoms with Crippen LogP contribution in [0.1, 0.15) is 26.3 Å². The number of aromatic nitrogens is 1. The zero-order valence-electron chi connectivity index (χ0n) is 17.2. The van der Waals surface area contributed by atoms with E-state index < -0.39 is 5.97 Å². The molecule has 1 fully saturated rings. The first kappa shape index (κ1) is 20.2.